The number of fused-ring (bicyclic) bond motifs is 1. The van der Waals surface area contributed by atoms with Gasteiger partial charge in [0.05, 0.1) is 16.4 Å². The van der Waals surface area contributed by atoms with Gasteiger partial charge in [-0.3, -0.25) is 9.59 Å². The predicted octanol–water partition coefficient (Wildman–Crippen LogP) is 3.05. The molecule has 0 saturated heterocycles. The molecule has 5 nitrogen and oxygen atoms in total. The molecule has 2 fully saturated rings. The number of halogens is 1. The molecule has 0 bridgehead atoms. The number of hydrogen-bond donors (Lipinski definition) is 2. The van der Waals surface area contributed by atoms with Crippen LogP contribution in [-0.2, 0) is 9.59 Å². The Morgan fingerprint density at radius 2 is 2.18 bits per heavy atom. The van der Waals surface area contributed by atoms with Gasteiger partial charge < -0.3 is 15.4 Å². The first kappa shape index (κ1) is 13.9. The number of nitrogens with one attached hydrogen (secondary N) is 2. The summed E-state index contributed by atoms with van der Waals surface area (Å²) in [5.74, 6) is 1.79. The molecule has 0 spiro atoms. The number of carbonyl (C=O) groups excluding carboxylic acids is 2. The fraction of sp³-hybridized carbons (Fsp3) is 0.500. The third-order valence-corrected chi connectivity index (χ3v) is 5.20. The lowest BCUT2D eigenvalue weighted by molar-refractivity contribution is -0.119. The van der Waals surface area contributed by atoms with E-state index < -0.39 is 0 Å². The third-order valence-electron chi connectivity index (χ3n) is 4.89. The van der Waals surface area contributed by atoms with Crippen molar-refractivity contribution in [3.63, 3.8) is 0 Å². The van der Waals surface area contributed by atoms with Gasteiger partial charge >= 0.3 is 0 Å². The Bertz CT molecular complexity index is 657. The molecular weight excluding hydrogens is 304 g/mol. The number of anilines is 2. The normalized spacial score (nSPS) is 26.3. The third kappa shape index (κ3) is 2.43. The number of ether oxygens (including phenoxy) is 1. The van der Waals surface area contributed by atoms with Crippen LogP contribution in [0.15, 0.2) is 12.1 Å². The highest BCUT2D eigenvalue weighted by atomic mass is 35.5. The van der Waals surface area contributed by atoms with Crippen molar-refractivity contribution in [3.05, 3.63) is 17.2 Å². The Labute approximate surface area is 133 Å². The van der Waals surface area contributed by atoms with Gasteiger partial charge in [-0.05, 0) is 24.3 Å². The van der Waals surface area contributed by atoms with E-state index in [9.17, 15) is 9.59 Å². The lowest BCUT2D eigenvalue weighted by atomic mass is 9.81. The molecule has 6 heteroatoms. The summed E-state index contributed by atoms with van der Waals surface area (Å²) >= 11 is 6.19. The molecule has 2 aliphatic carbocycles. The van der Waals surface area contributed by atoms with Crippen molar-refractivity contribution in [2.24, 2.45) is 17.8 Å². The van der Waals surface area contributed by atoms with Gasteiger partial charge in [-0.1, -0.05) is 30.9 Å². The van der Waals surface area contributed by atoms with E-state index in [4.69, 9.17) is 16.3 Å². The van der Waals surface area contributed by atoms with E-state index in [0.29, 0.717) is 28.1 Å². The van der Waals surface area contributed by atoms with Gasteiger partial charge in [0.15, 0.2) is 6.61 Å². The minimum atomic E-state index is -0.207. The van der Waals surface area contributed by atoms with Crippen molar-refractivity contribution in [2.75, 3.05) is 17.2 Å². The standard InChI is InChI=1S/C16H17ClN2O3/c17-11-5-13-14(22-7-15(20)18-13)6-12(11)19-16(21)10-4-9(10)8-2-1-3-8/h5-6,8-10H,1-4,7H2,(H,18,20)(H,19,21)/t9-,10+/m0/s1. The van der Waals surface area contributed by atoms with Gasteiger partial charge in [-0.2, -0.15) is 0 Å². The topological polar surface area (TPSA) is 67.4 Å². The minimum absolute atomic E-state index is 0.0194. The predicted molar refractivity (Wildman–Crippen MR) is 83.1 cm³/mol. The quantitative estimate of drug-likeness (QED) is 0.899. The summed E-state index contributed by atoms with van der Waals surface area (Å²) in [5, 5.41) is 6.00. The van der Waals surface area contributed by atoms with E-state index in [1.54, 1.807) is 12.1 Å². The van der Waals surface area contributed by atoms with Crippen molar-refractivity contribution < 1.29 is 14.3 Å². The second-order valence-electron chi connectivity index (χ2n) is 6.35. The van der Waals surface area contributed by atoms with Crippen LogP contribution < -0.4 is 15.4 Å². The zero-order chi connectivity index (χ0) is 15.3. The van der Waals surface area contributed by atoms with E-state index in [0.717, 1.165) is 12.3 Å². The number of hydrogen-bond acceptors (Lipinski definition) is 3. The molecule has 2 saturated carbocycles. The molecule has 0 radical (unpaired) electrons. The molecule has 1 heterocycles. The summed E-state index contributed by atoms with van der Waals surface area (Å²) in [6, 6.07) is 3.29. The largest absolute Gasteiger partial charge is 0.482 e. The van der Waals surface area contributed by atoms with Crippen LogP contribution in [0.2, 0.25) is 5.02 Å². The van der Waals surface area contributed by atoms with Gasteiger partial charge in [0.1, 0.15) is 5.75 Å². The van der Waals surface area contributed by atoms with Crippen LogP contribution >= 0.6 is 11.6 Å². The molecule has 3 aliphatic rings. The summed E-state index contributed by atoms with van der Waals surface area (Å²) in [7, 11) is 0. The van der Waals surface area contributed by atoms with Crippen LogP contribution in [0.3, 0.4) is 0 Å². The van der Waals surface area contributed by atoms with Gasteiger partial charge in [-0.15, -0.1) is 0 Å². The molecule has 1 aromatic carbocycles. The van der Waals surface area contributed by atoms with Crippen LogP contribution in [0.5, 0.6) is 5.75 Å². The molecule has 0 unspecified atom stereocenters. The van der Waals surface area contributed by atoms with Gasteiger partial charge in [-0.25, -0.2) is 0 Å². The molecule has 2 amide bonds. The highest BCUT2D eigenvalue weighted by molar-refractivity contribution is 6.34. The molecule has 2 N–H and O–H groups in total. The van der Waals surface area contributed by atoms with Crippen molar-refractivity contribution in [3.8, 4) is 5.75 Å². The van der Waals surface area contributed by atoms with E-state index in [1.165, 1.54) is 19.3 Å². The Balaban J connectivity index is 1.46. The lowest BCUT2D eigenvalue weighted by Crippen LogP contribution is -2.25. The molecule has 0 aromatic heterocycles. The van der Waals surface area contributed by atoms with Crippen LogP contribution in [0, 0.1) is 17.8 Å². The first-order valence-corrected chi connectivity index (χ1v) is 8.06. The highest BCUT2D eigenvalue weighted by Crippen LogP contribution is 2.52. The van der Waals surface area contributed by atoms with E-state index in [-0.39, 0.29) is 24.3 Å². The second kappa shape index (κ2) is 5.16. The van der Waals surface area contributed by atoms with Crippen LogP contribution in [-0.4, -0.2) is 18.4 Å². The summed E-state index contributed by atoms with van der Waals surface area (Å²) in [6.07, 6.45) is 4.82. The Morgan fingerprint density at radius 3 is 2.91 bits per heavy atom. The van der Waals surface area contributed by atoms with Crippen molar-refractivity contribution in [2.45, 2.75) is 25.7 Å². The summed E-state index contributed by atoms with van der Waals surface area (Å²) in [6.45, 7) is -0.0194. The van der Waals surface area contributed by atoms with Gasteiger partial charge in [0.25, 0.3) is 5.91 Å². The van der Waals surface area contributed by atoms with Crippen LogP contribution in [0.4, 0.5) is 11.4 Å². The molecule has 22 heavy (non-hydrogen) atoms. The average molecular weight is 321 g/mol. The molecule has 1 aliphatic heterocycles. The lowest BCUT2D eigenvalue weighted by Gasteiger charge is -2.25. The summed E-state index contributed by atoms with van der Waals surface area (Å²) in [5.41, 5.74) is 1.08. The van der Waals surface area contributed by atoms with Gasteiger partial charge in [0.2, 0.25) is 5.91 Å². The van der Waals surface area contributed by atoms with Crippen LogP contribution in [0.1, 0.15) is 25.7 Å². The number of amides is 2. The Morgan fingerprint density at radius 1 is 1.36 bits per heavy atom. The van der Waals surface area contributed by atoms with E-state index in [1.807, 2.05) is 0 Å². The van der Waals surface area contributed by atoms with Crippen molar-refractivity contribution >= 4 is 34.8 Å². The van der Waals surface area contributed by atoms with Crippen molar-refractivity contribution in [1.82, 2.24) is 0 Å². The first-order valence-electron chi connectivity index (χ1n) is 7.69. The molecule has 4 rings (SSSR count). The maximum Gasteiger partial charge on any atom is 0.262 e. The molecule has 116 valence electrons. The molecule has 2 atom stereocenters. The fourth-order valence-electron chi connectivity index (χ4n) is 3.33. The highest BCUT2D eigenvalue weighted by Gasteiger charge is 2.48. The minimum Gasteiger partial charge on any atom is -0.482 e. The SMILES string of the molecule is O=C1COc2cc(NC(=O)[C@@H]3C[C@H]3C3CCC3)c(Cl)cc2N1. The molecule has 1 aromatic rings. The zero-order valence-corrected chi connectivity index (χ0v) is 12.8. The zero-order valence-electron chi connectivity index (χ0n) is 12.0. The molecular formula is C16H17ClN2O3. The summed E-state index contributed by atoms with van der Waals surface area (Å²) < 4.78 is 5.35. The fourth-order valence-corrected chi connectivity index (χ4v) is 3.54. The Kier molecular flexibility index (Phi) is 3.26. The van der Waals surface area contributed by atoms with Crippen LogP contribution in [0.25, 0.3) is 0 Å². The van der Waals surface area contributed by atoms with E-state index >= 15 is 0 Å². The summed E-state index contributed by atoms with van der Waals surface area (Å²) in [4.78, 5) is 23.6. The number of benzene rings is 1. The number of rotatable bonds is 3. The first-order chi connectivity index (χ1) is 10.6. The number of carbonyl (C=O) groups is 2. The smallest absolute Gasteiger partial charge is 0.262 e. The van der Waals surface area contributed by atoms with E-state index in [2.05, 4.69) is 10.6 Å². The maximum absolute atomic E-state index is 12.3. The second-order valence-corrected chi connectivity index (χ2v) is 6.76. The Hall–Kier alpha value is -1.75. The maximum atomic E-state index is 12.3. The van der Waals surface area contributed by atoms with Crippen molar-refractivity contribution in [1.29, 1.82) is 0 Å². The average Bonchev–Trinajstić information content (AvgIpc) is 3.18. The van der Waals surface area contributed by atoms with Gasteiger partial charge in [0, 0.05) is 12.0 Å². The monoisotopic (exact) mass is 320 g/mol.